The molecule has 0 saturated heterocycles. The lowest BCUT2D eigenvalue weighted by molar-refractivity contribution is 0.0904. The Labute approximate surface area is 200 Å². The quantitative estimate of drug-likeness (QED) is 0.335. The van der Waals surface area contributed by atoms with Crippen LogP contribution in [0, 0.1) is 5.82 Å². The van der Waals surface area contributed by atoms with Gasteiger partial charge in [-0.2, -0.15) is 5.10 Å². The Kier molecular flexibility index (Phi) is 7.40. The fourth-order valence-electron chi connectivity index (χ4n) is 3.93. The molecule has 176 valence electrons. The highest BCUT2D eigenvalue weighted by molar-refractivity contribution is 5.65. The van der Waals surface area contributed by atoms with Crippen LogP contribution in [0.15, 0.2) is 84.9 Å². The van der Waals surface area contributed by atoms with Crippen molar-refractivity contribution < 1.29 is 14.2 Å². The number of nitrogens with zero attached hydrogens (tertiary/aromatic N) is 3. The molecule has 1 atom stereocenters. The molecule has 1 unspecified atom stereocenters. The summed E-state index contributed by atoms with van der Waals surface area (Å²) in [7, 11) is 1.84. The van der Waals surface area contributed by atoms with Crippen molar-refractivity contribution in [3.63, 3.8) is 0 Å². The SMILES string of the molecule is CC(C)N(Cc1c(-c2ccccc2)nn(C)c1Oc1ccc(F)cc1)CC(O)c1ccccc1. The van der Waals surface area contributed by atoms with Crippen LogP contribution in [0.5, 0.6) is 11.6 Å². The van der Waals surface area contributed by atoms with Crippen LogP contribution >= 0.6 is 0 Å². The van der Waals surface area contributed by atoms with E-state index in [1.54, 1.807) is 16.8 Å². The number of aryl methyl sites for hydroxylation is 1. The molecule has 3 aromatic carbocycles. The Morgan fingerprint density at radius 1 is 0.941 bits per heavy atom. The molecule has 0 radical (unpaired) electrons. The summed E-state index contributed by atoms with van der Waals surface area (Å²) in [6.07, 6.45) is -0.623. The molecule has 0 aliphatic rings. The van der Waals surface area contributed by atoms with Crippen molar-refractivity contribution in [3.05, 3.63) is 102 Å². The fourth-order valence-corrected chi connectivity index (χ4v) is 3.93. The molecule has 0 aliphatic carbocycles. The third kappa shape index (κ3) is 5.53. The van der Waals surface area contributed by atoms with Gasteiger partial charge >= 0.3 is 0 Å². The number of hydrogen-bond acceptors (Lipinski definition) is 4. The van der Waals surface area contributed by atoms with Gasteiger partial charge in [0, 0.05) is 31.7 Å². The summed E-state index contributed by atoms with van der Waals surface area (Å²) in [5.74, 6) is 0.805. The summed E-state index contributed by atoms with van der Waals surface area (Å²) < 4.78 is 21.4. The normalized spacial score (nSPS) is 12.3. The predicted molar refractivity (Wildman–Crippen MR) is 132 cm³/mol. The largest absolute Gasteiger partial charge is 0.439 e. The number of rotatable bonds is 9. The van der Waals surface area contributed by atoms with E-state index in [4.69, 9.17) is 9.84 Å². The van der Waals surface area contributed by atoms with Crippen LogP contribution in [-0.4, -0.2) is 32.4 Å². The Balaban J connectivity index is 1.70. The van der Waals surface area contributed by atoms with Gasteiger partial charge in [-0.05, 0) is 43.7 Å². The van der Waals surface area contributed by atoms with E-state index in [9.17, 15) is 9.50 Å². The lowest BCUT2D eigenvalue weighted by Gasteiger charge is -2.29. The zero-order chi connectivity index (χ0) is 24.1. The Bertz CT molecular complexity index is 1190. The molecule has 0 amide bonds. The first-order valence-corrected chi connectivity index (χ1v) is 11.4. The molecule has 1 N–H and O–H groups in total. The topological polar surface area (TPSA) is 50.5 Å². The monoisotopic (exact) mass is 459 g/mol. The van der Waals surface area contributed by atoms with Gasteiger partial charge in [0.15, 0.2) is 0 Å². The number of halogens is 1. The zero-order valence-corrected chi connectivity index (χ0v) is 19.7. The van der Waals surface area contributed by atoms with Crippen molar-refractivity contribution in [1.29, 1.82) is 0 Å². The van der Waals surface area contributed by atoms with Crippen LogP contribution in [0.3, 0.4) is 0 Å². The first-order chi connectivity index (χ1) is 16.4. The number of aliphatic hydroxyl groups is 1. The maximum absolute atomic E-state index is 13.4. The highest BCUT2D eigenvalue weighted by atomic mass is 19.1. The summed E-state index contributed by atoms with van der Waals surface area (Å²) in [6.45, 7) is 5.20. The van der Waals surface area contributed by atoms with E-state index in [1.165, 1.54) is 12.1 Å². The number of aromatic nitrogens is 2. The highest BCUT2D eigenvalue weighted by Crippen LogP contribution is 2.35. The first kappa shape index (κ1) is 23.7. The number of hydrogen-bond donors (Lipinski definition) is 1. The van der Waals surface area contributed by atoms with E-state index >= 15 is 0 Å². The van der Waals surface area contributed by atoms with E-state index in [0.717, 1.165) is 22.4 Å². The molecule has 0 fully saturated rings. The first-order valence-electron chi connectivity index (χ1n) is 11.4. The average Bonchev–Trinajstić information content (AvgIpc) is 3.15. The Morgan fingerprint density at radius 3 is 2.18 bits per heavy atom. The second-order valence-corrected chi connectivity index (χ2v) is 8.63. The lowest BCUT2D eigenvalue weighted by atomic mass is 10.1. The van der Waals surface area contributed by atoms with Gasteiger partial charge in [-0.3, -0.25) is 4.90 Å². The Morgan fingerprint density at radius 2 is 1.56 bits per heavy atom. The molecule has 0 saturated carbocycles. The zero-order valence-electron chi connectivity index (χ0n) is 19.7. The van der Waals surface area contributed by atoms with E-state index in [-0.39, 0.29) is 11.9 Å². The van der Waals surface area contributed by atoms with Crippen LogP contribution < -0.4 is 4.74 Å². The van der Waals surface area contributed by atoms with E-state index in [2.05, 4.69) is 18.7 Å². The second-order valence-electron chi connectivity index (χ2n) is 8.63. The molecule has 34 heavy (non-hydrogen) atoms. The lowest BCUT2D eigenvalue weighted by Crippen LogP contribution is -2.34. The average molecular weight is 460 g/mol. The third-order valence-corrected chi connectivity index (χ3v) is 5.85. The minimum atomic E-state index is -0.623. The van der Waals surface area contributed by atoms with E-state index < -0.39 is 6.10 Å². The maximum Gasteiger partial charge on any atom is 0.222 e. The Hall–Kier alpha value is -3.48. The summed E-state index contributed by atoms with van der Waals surface area (Å²) >= 11 is 0. The minimum absolute atomic E-state index is 0.167. The van der Waals surface area contributed by atoms with Gasteiger partial charge in [0.2, 0.25) is 5.88 Å². The van der Waals surface area contributed by atoms with Gasteiger partial charge in [-0.25, -0.2) is 9.07 Å². The summed E-state index contributed by atoms with van der Waals surface area (Å²) in [4.78, 5) is 2.21. The number of ether oxygens (including phenoxy) is 1. The molecule has 4 aromatic rings. The summed E-state index contributed by atoms with van der Waals surface area (Å²) in [6, 6.07) is 25.8. The van der Waals surface area contributed by atoms with Crippen LogP contribution in [0.25, 0.3) is 11.3 Å². The van der Waals surface area contributed by atoms with Gasteiger partial charge in [0.05, 0.1) is 11.7 Å². The molecule has 0 bridgehead atoms. The minimum Gasteiger partial charge on any atom is -0.439 e. The summed E-state index contributed by atoms with van der Waals surface area (Å²) in [5.41, 5.74) is 3.59. The van der Waals surface area contributed by atoms with Crippen LogP contribution in [0.2, 0.25) is 0 Å². The van der Waals surface area contributed by atoms with Gasteiger partial charge < -0.3 is 9.84 Å². The predicted octanol–water partition coefficient (Wildman–Crippen LogP) is 5.96. The number of benzene rings is 3. The summed E-state index contributed by atoms with van der Waals surface area (Å²) in [5, 5.41) is 15.7. The second kappa shape index (κ2) is 10.6. The van der Waals surface area contributed by atoms with E-state index in [0.29, 0.717) is 24.7 Å². The van der Waals surface area contributed by atoms with Gasteiger partial charge in [-0.15, -0.1) is 0 Å². The van der Waals surface area contributed by atoms with Crippen molar-refractivity contribution in [2.45, 2.75) is 32.5 Å². The van der Waals surface area contributed by atoms with Crippen molar-refractivity contribution in [1.82, 2.24) is 14.7 Å². The van der Waals surface area contributed by atoms with Gasteiger partial charge in [-0.1, -0.05) is 60.7 Å². The number of aliphatic hydroxyl groups excluding tert-OH is 1. The fraction of sp³-hybridized carbons (Fsp3) is 0.250. The molecule has 6 heteroatoms. The van der Waals surface area contributed by atoms with Crippen molar-refractivity contribution in [2.24, 2.45) is 7.05 Å². The van der Waals surface area contributed by atoms with Crippen molar-refractivity contribution >= 4 is 0 Å². The molecular weight excluding hydrogens is 429 g/mol. The molecule has 4 rings (SSSR count). The van der Waals surface area contributed by atoms with Gasteiger partial charge in [0.25, 0.3) is 0 Å². The highest BCUT2D eigenvalue weighted by Gasteiger charge is 2.25. The third-order valence-electron chi connectivity index (χ3n) is 5.85. The molecule has 0 aliphatic heterocycles. The van der Waals surface area contributed by atoms with Gasteiger partial charge in [0.1, 0.15) is 17.3 Å². The molecule has 5 nitrogen and oxygen atoms in total. The van der Waals surface area contributed by atoms with E-state index in [1.807, 2.05) is 67.7 Å². The van der Waals surface area contributed by atoms with Crippen molar-refractivity contribution in [3.8, 4) is 22.9 Å². The molecule has 0 spiro atoms. The maximum atomic E-state index is 13.4. The molecule has 1 heterocycles. The standard InChI is InChI=1S/C28H30FN3O2/c1-20(2)32(19-26(33)21-10-6-4-7-11-21)18-25-27(22-12-8-5-9-13-22)30-31(3)28(25)34-24-16-14-23(29)15-17-24/h4-17,20,26,33H,18-19H2,1-3H3. The molecular formula is C28H30FN3O2. The smallest absolute Gasteiger partial charge is 0.222 e. The molecule has 1 aromatic heterocycles. The van der Waals surface area contributed by atoms with Crippen LogP contribution in [0.1, 0.15) is 31.1 Å². The van der Waals surface area contributed by atoms with Crippen LogP contribution in [0.4, 0.5) is 4.39 Å². The van der Waals surface area contributed by atoms with Crippen LogP contribution in [-0.2, 0) is 13.6 Å². The van der Waals surface area contributed by atoms with Crippen molar-refractivity contribution in [2.75, 3.05) is 6.54 Å².